The molecule has 0 unspecified atom stereocenters. The Hall–Kier alpha value is -2.75. The highest BCUT2D eigenvalue weighted by Gasteiger charge is 2.11. The predicted molar refractivity (Wildman–Crippen MR) is 116 cm³/mol. The Morgan fingerprint density at radius 3 is 2.15 bits per heavy atom. The van der Waals surface area contributed by atoms with Crippen LogP contribution in [0.15, 0.2) is 103 Å². The molecule has 0 fully saturated rings. The average molecular weight is 372 g/mol. The molecule has 1 aliphatic rings. The van der Waals surface area contributed by atoms with E-state index in [4.69, 9.17) is 4.98 Å². The monoisotopic (exact) mass is 371 g/mol. The fourth-order valence-corrected chi connectivity index (χ4v) is 4.80. The van der Waals surface area contributed by atoms with Gasteiger partial charge in [-0.25, -0.2) is 4.98 Å². The molecule has 0 aliphatic heterocycles. The van der Waals surface area contributed by atoms with Crippen molar-refractivity contribution in [1.82, 2.24) is 4.98 Å². The third-order valence-electron chi connectivity index (χ3n) is 3.84. The normalized spacial score (nSPS) is 16.4. The van der Waals surface area contributed by atoms with Crippen molar-refractivity contribution in [1.29, 1.82) is 0 Å². The van der Waals surface area contributed by atoms with Gasteiger partial charge in [0.15, 0.2) is 0 Å². The molecule has 2 aromatic heterocycles. The molecular formula is C23H17NS2. The maximum Gasteiger partial charge on any atom is 0.135 e. The van der Waals surface area contributed by atoms with Gasteiger partial charge < -0.3 is 0 Å². The summed E-state index contributed by atoms with van der Waals surface area (Å²) in [6.07, 6.45) is 14.4. The van der Waals surface area contributed by atoms with Crippen LogP contribution >= 0.6 is 22.7 Å². The van der Waals surface area contributed by atoms with Gasteiger partial charge in [0.05, 0.1) is 4.70 Å². The van der Waals surface area contributed by atoms with Crippen molar-refractivity contribution in [2.75, 3.05) is 0 Å². The van der Waals surface area contributed by atoms with Crippen LogP contribution in [0.2, 0.25) is 0 Å². The van der Waals surface area contributed by atoms with Crippen molar-refractivity contribution in [2.24, 2.45) is 0 Å². The summed E-state index contributed by atoms with van der Waals surface area (Å²) in [6.45, 7) is 0. The number of aromatic nitrogens is 1. The standard InChI is InChI=1S/C23H17NS2/c1-2-5-9-13-18(14-10-6-3-1)20-17-21-23(25-20)24-22(26-21)19-15-11-7-4-8-12-16-19/h1-17H/b2-1?,3-1?,5-2?,6-3?,7-4?,8-4?,9-5?,10-6?,11-7?,12-8?,13-9?,14-10?,15-11-,16-12?,18-13?,18-14?,19-15?,19-16+. The Morgan fingerprint density at radius 1 is 0.692 bits per heavy atom. The molecule has 1 aliphatic carbocycles. The number of nitrogens with zero attached hydrogens (tertiary/aromatic N) is 1. The molecule has 0 saturated carbocycles. The van der Waals surface area contributed by atoms with E-state index in [2.05, 4.69) is 54.6 Å². The minimum Gasteiger partial charge on any atom is -0.225 e. The number of hydrogen-bond acceptors (Lipinski definition) is 3. The Morgan fingerprint density at radius 2 is 1.38 bits per heavy atom. The van der Waals surface area contributed by atoms with Crippen molar-refractivity contribution < 1.29 is 0 Å². The van der Waals surface area contributed by atoms with Crippen LogP contribution in [-0.4, -0.2) is 4.98 Å². The summed E-state index contributed by atoms with van der Waals surface area (Å²) in [6, 6.07) is 20.9. The summed E-state index contributed by atoms with van der Waals surface area (Å²) in [5, 5.41) is 1.07. The first-order chi connectivity index (χ1) is 12.9. The smallest absolute Gasteiger partial charge is 0.135 e. The van der Waals surface area contributed by atoms with Crippen LogP contribution in [0.4, 0.5) is 0 Å². The maximum absolute atomic E-state index is 4.86. The molecule has 2 heterocycles. The molecule has 1 nitrogen and oxygen atoms in total. The number of allylic oxidation sites excluding steroid dienone is 8. The van der Waals surface area contributed by atoms with Crippen LogP contribution in [0.1, 0.15) is 5.01 Å². The minimum atomic E-state index is 1.07. The van der Waals surface area contributed by atoms with E-state index in [0.717, 1.165) is 15.4 Å². The van der Waals surface area contributed by atoms with Crippen LogP contribution < -0.4 is 0 Å². The third kappa shape index (κ3) is 3.90. The van der Waals surface area contributed by atoms with E-state index < -0.39 is 0 Å². The van der Waals surface area contributed by atoms with E-state index in [1.165, 1.54) is 15.1 Å². The summed E-state index contributed by atoms with van der Waals surface area (Å²) < 4.78 is 1.24. The first-order valence-electron chi connectivity index (χ1n) is 8.41. The SMILES string of the molecule is C1=C/C=C\C(c2nc3sc(-c4ccccccccc4)cc3s2)=C/C=C1. The van der Waals surface area contributed by atoms with Gasteiger partial charge in [0.25, 0.3) is 0 Å². The van der Waals surface area contributed by atoms with Crippen LogP contribution in [-0.2, 0) is 0 Å². The molecule has 0 atom stereocenters. The number of thiophene rings is 1. The first kappa shape index (κ1) is 16.7. The highest BCUT2D eigenvalue weighted by Crippen LogP contribution is 2.38. The van der Waals surface area contributed by atoms with Crippen molar-refractivity contribution >= 4 is 37.8 Å². The molecule has 0 radical (unpaired) electrons. The number of fused-ring (bicyclic) bond motifs is 1. The number of hydrogen-bond donors (Lipinski definition) is 0. The molecule has 1 aromatic carbocycles. The molecule has 0 N–H and O–H groups in total. The third-order valence-corrected chi connectivity index (χ3v) is 6.09. The van der Waals surface area contributed by atoms with Gasteiger partial charge in [0.1, 0.15) is 9.84 Å². The van der Waals surface area contributed by atoms with Gasteiger partial charge in [-0.3, -0.25) is 0 Å². The van der Waals surface area contributed by atoms with Crippen LogP contribution in [0.5, 0.6) is 0 Å². The summed E-state index contributed by atoms with van der Waals surface area (Å²) in [5.74, 6) is 0. The molecule has 0 spiro atoms. The predicted octanol–water partition coefficient (Wildman–Crippen LogP) is 7.21. The van der Waals surface area contributed by atoms with Gasteiger partial charge in [-0.15, -0.1) is 22.7 Å². The lowest BCUT2D eigenvalue weighted by atomic mass is 10.2. The highest BCUT2D eigenvalue weighted by atomic mass is 32.1. The number of thiazole rings is 1. The van der Waals surface area contributed by atoms with Gasteiger partial charge in [-0.2, -0.15) is 0 Å². The fourth-order valence-electron chi connectivity index (χ4n) is 2.57. The van der Waals surface area contributed by atoms with Gasteiger partial charge in [-0.05, 0) is 11.6 Å². The van der Waals surface area contributed by atoms with E-state index in [0.29, 0.717) is 0 Å². The van der Waals surface area contributed by atoms with Gasteiger partial charge in [0.2, 0.25) is 0 Å². The second-order valence-corrected chi connectivity index (χ2v) is 7.75. The molecule has 0 amide bonds. The molecule has 0 saturated heterocycles. The fraction of sp³-hybridized carbons (Fsp3) is 0. The van der Waals surface area contributed by atoms with E-state index in [1.54, 1.807) is 22.7 Å². The first-order valence-corrected chi connectivity index (χ1v) is 10.0. The Labute approximate surface area is 161 Å². The molecule has 0 bridgehead atoms. The lowest BCUT2D eigenvalue weighted by Gasteiger charge is -1.96. The molecule has 3 heteroatoms. The number of rotatable bonds is 2. The van der Waals surface area contributed by atoms with E-state index >= 15 is 0 Å². The van der Waals surface area contributed by atoms with Gasteiger partial charge >= 0.3 is 0 Å². The van der Waals surface area contributed by atoms with E-state index in [-0.39, 0.29) is 0 Å². The summed E-state index contributed by atoms with van der Waals surface area (Å²) in [7, 11) is 0. The highest BCUT2D eigenvalue weighted by molar-refractivity contribution is 7.29. The van der Waals surface area contributed by atoms with Crippen molar-refractivity contribution in [3.05, 3.63) is 108 Å². The molecule has 26 heavy (non-hydrogen) atoms. The minimum absolute atomic E-state index is 1.07. The Balaban J connectivity index is 1.71. The van der Waals surface area contributed by atoms with Crippen molar-refractivity contribution in [3.8, 4) is 10.4 Å². The second kappa shape index (κ2) is 8.09. The zero-order valence-corrected chi connectivity index (χ0v) is 15.7. The summed E-state index contributed by atoms with van der Waals surface area (Å²) in [5.41, 5.74) is 2.36. The van der Waals surface area contributed by atoms with Gasteiger partial charge in [-0.1, -0.05) is 97.1 Å². The lowest BCUT2D eigenvalue weighted by molar-refractivity contribution is 1.47. The largest absolute Gasteiger partial charge is 0.225 e. The van der Waals surface area contributed by atoms with Crippen molar-refractivity contribution in [2.45, 2.75) is 0 Å². The van der Waals surface area contributed by atoms with Crippen LogP contribution in [0, 0.1) is 0 Å². The van der Waals surface area contributed by atoms with Crippen molar-refractivity contribution in [3.63, 3.8) is 0 Å². The summed E-state index contributed by atoms with van der Waals surface area (Å²) in [4.78, 5) is 7.21. The van der Waals surface area contributed by atoms with Crippen LogP contribution in [0.3, 0.4) is 0 Å². The molecule has 3 aromatic rings. The molecule has 4 rings (SSSR count). The molecular weight excluding hydrogens is 354 g/mol. The Kier molecular flexibility index (Phi) is 5.19. The zero-order valence-electron chi connectivity index (χ0n) is 14.1. The average Bonchev–Trinajstić information content (AvgIpc) is 3.18. The quantitative estimate of drug-likeness (QED) is 0.463. The zero-order chi connectivity index (χ0) is 17.6. The van der Waals surface area contributed by atoms with E-state index in [9.17, 15) is 0 Å². The maximum atomic E-state index is 4.86. The lowest BCUT2D eigenvalue weighted by Crippen LogP contribution is -1.78. The van der Waals surface area contributed by atoms with Gasteiger partial charge in [0, 0.05) is 10.5 Å². The second-order valence-electron chi connectivity index (χ2n) is 5.69. The van der Waals surface area contributed by atoms with E-state index in [1.807, 2.05) is 48.6 Å². The molecule has 126 valence electrons. The topological polar surface area (TPSA) is 12.9 Å². The Bertz CT molecular complexity index is 1040. The summed E-state index contributed by atoms with van der Waals surface area (Å²) >= 11 is 3.50. The van der Waals surface area contributed by atoms with Crippen LogP contribution in [0.25, 0.3) is 25.5 Å².